The first-order valence-corrected chi connectivity index (χ1v) is 8.24. The van der Waals surface area contributed by atoms with Crippen molar-refractivity contribution >= 4 is 17.2 Å². The quantitative estimate of drug-likeness (QED) is 0.627. The van der Waals surface area contributed by atoms with Crippen LogP contribution in [0.3, 0.4) is 0 Å². The van der Waals surface area contributed by atoms with Gasteiger partial charge in [-0.05, 0) is 37.8 Å². The van der Waals surface area contributed by atoms with E-state index in [1.54, 1.807) is 31.4 Å². The Balaban J connectivity index is 1.87. The van der Waals surface area contributed by atoms with Gasteiger partial charge in [0, 0.05) is 11.8 Å². The van der Waals surface area contributed by atoms with Crippen LogP contribution >= 0.6 is 0 Å². The molecule has 8 heteroatoms. The molecule has 0 aliphatic heterocycles. The predicted octanol–water partition coefficient (Wildman–Crippen LogP) is 3.85. The van der Waals surface area contributed by atoms with Gasteiger partial charge in [0.15, 0.2) is 0 Å². The van der Waals surface area contributed by atoms with E-state index in [9.17, 15) is 10.1 Å². The molecule has 2 aromatic rings. The fourth-order valence-corrected chi connectivity index (χ4v) is 2.88. The molecule has 25 heavy (non-hydrogen) atoms. The summed E-state index contributed by atoms with van der Waals surface area (Å²) >= 11 is 0. The summed E-state index contributed by atoms with van der Waals surface area (Å²) in [5.41, 5.74) is 0.376. The lowest BCUT2D eigenvalue weighted by Gasteiger charge is -2.22. The van der Waals surface area contributed by atoms with Gasteiger partial charge in [-0.3, -0.25) is 10.1 Å². The summed E-state index contributed by atoms with van der Waals surface area (Å²) < 4.78 is 11.0. The van der Waals surface area contributed by atoms with Crippen molar-refractivity contribution in [3.63, 3.8) is 0 Å². The summed E-state index contributed by atoms with van der Waals surface area (Å²) in [7, 11) is 1.56. The molecule has 0 amide bonds. The largest absolute Gasteiger partial charge is 0.497 e. The number of nitrogens with zero attached hydrogens (tertiary/aromatic N) is 3. The Morgan fingerprint density at radius 1 is 1.24 bits per heavy atom. The monoisotopic (exact) mass is 344 g/mol. The summed E-state index contributed by atoms with van der Waals surface area (Å²) in [5, 5.41) is 14.5. The van der Waals surface area contributed by atoms with Crippen LogP contribution < -0.4 is 14.8 Å². The van der Waals surface area contributed by atoms with E-state index in [0.717, 1.165) is 25.7 Å². The lowest BCUT2D eigenvalue weighted by molar-refractivity contribution is -0.385. The zero-order chi connectivity index (χ0) is 17.6. The topological polar surface area (TPSA) is 99.4 Å². The molecule has 1 saturated carbocycles. The van der Waals surface area contributed by atoms with Crippen molar-refractivity contribution in [3.05, 3.63) is 40.7 Å². The van der Waals surface area contributed by atoms with E-state index in [0.29, 0.717) is 11.4 Å². The van der Waals surface area contributed by atoms with Gasteiger partial charge in [-0.2, -0.15) is 4.98 Å². The highest BCUT2D eigenvalue weighted by Crippen LogP contribution is 2.35. The number of hydrogen-bond acceptors (Lipinski definition) is 7. The lowest BCUT2D eigenvalue weighted by Crippen LogP contribution is -2.21. The second-order valence-electron chi connectivity index (χ2n) is 5.87. The maximum atomic E-state index is 11.6. The second-order valence-corrected chi connectivity index (χ2v) is 5.87. The van der Waals surface area contributed by atoms with Crippen molar-refractivity contribution in [2.24, 2.45) is 0 Å². The van der Waals surface area contributed by atoms with Crippen LogP contribution in [-0.4, -0.2) is 28.1 Å². The molecule has 132 valence electrons. The maximum absolute atomic E-state index is 11.6. The molecule has 0 radical (unpaired) electrons. The summed E-state index contributed by atoms with van der Waals surface area (Å²) in [5.74, 6) is 0.747. The van der Waals surface area contributed by atoms with Crippen LogP contribution in [0.1, 0.15) is 32.1 Å². The summed E-state index contributed by atoms with van der Waals surface area (Å²) in [6, 6.07) is 7.08. The Hall–Kier alpha value is -2.90. The minimum absolute atomic E-state index is 0.0114. The predicted molar refractivity (Wildman–Crippen MR) is 92.5 cm³/mol. The van der Waals surface area contributed by atoms with Crippen molar-refractivity contribution in [3.8, 4) is 11.6 Å². The Labute approximate surface area is 145 Å². The van der Waals surface area contributed by atoms with Gasteiger partial charge in [0.1, 0.15) is 18.2 Å². The summed E-state index contributed by atoms with van der Waals surface area (Å²) in [6.07, 6.45) is 6.32. The van der Waals surface area contributed by atoms with Crippen molar-refractivity contribution in [1.82, 2.24) is 9.97 Å². The third-order valence-corrected chi connectivity index (χ3v) is 4.13. The maximum Gasteiger partial charge on any atom is 0.373 e. The van der Waals surface area contributed by atoms with Crippen molar-refractivity contribution in [2.45, 2.75) is 38.2 Å². The molecule has 8 nitrogen and oxygen atoms in total. The number of nitro groups is 1. The fourth-order valence-electron chi connectivity index (χ4n) is 2.88. The van der Waals surface area contributed by atoms with Crippen LogP contribution in [-0.2, 0) is 0 Å². The standard InChI is InChI=1S/C17H20N4O4/c1-24-14-9-5-6-12(10-14)20-16-15(21(22)23)17(19-11-18-16)25-13-7-3-2-4-8-13/h5-6,9-11,13H,2-4,7-8H2,1H3,(H,18,19,20). The van der Waals surface area contributed by atoms with E-state index in [1.165, 1.54) is 12.7 Å². The van der Waals surface area contributed by atoms with Crippen LogP contribution in [0.25, 0.3) is 0 Å². The van der Waals surface area contributed by atoms with E-state index >= 15 is 0 Å². The van der Waals surface area contributed by atoms with E-state index in [-0.39, 0.29) is 23.5 Å². The van der Waals surface area contributed by atoms with Crippen molar-refractivity contribution < 1.29 is 14.4 Å². The molecule has 1 N–H and O–H groups in total. The molecule has 1 heterocycles. The SMILES string of the molecule is COc1cccc(Nc2ncnc(OC3CCCCC3)c2[N+](=O)[O-])c1. The smallest absolute Gasteiger partial charge is 0.373 e. The highest BCUT2D eigenvalue weighted by Gasteiger charge is 2.27. The van der Waals surface area contributed by atoms with Gasteiger partial charge in [-0.25, -0.2) is 4.98 Å². The molecule has 1 fully saturated rings. The minimum Gasteiger partial charge on any atom is -0.497 e. The van der Waals surface area contributed by atoms with Crippen LogP contribution in [0.4, 0.5) is 17.2 Å². The molecule has 1 aromatic heterocycles. The summed E-state index contributed by atoms with van der Waals surface area (Å²) in [4.78, 5) is 19.1. The van der Waals surface area contributed by atoms with Gasteiger partial charge in [0.25, 0.3) is 5.88 Å². The normalized spacial score (nSPS) is 14.8. The number of hydrogen-bond donors (Lipinski definition) is 1. The Morgan fingerprint density at radius 3 is 2.76 bits per heavy atom. The molecule has 3 rings (SSSR count). The fraction of sp³-hybridized carbons (Fsp3) is 0.412. The molecule has 1 aromatic carbocycles. The third kappa shape index (κ3) is 4.14. The van der Waals surface area contributed by atoms with E-state index in [1.807, 2.05) is 0 Å². The average Bonchev–Trinajstić information content (AvgIpc) is 2.62. The zero-order valence-corrected chi connectivity index (χ0v) is 14.0. The number of rotatable bonds is 6. The first-order valence-electron chi connectivity index (χ1n) is 8.24. The molecular formula is C17H20N4O4. The molecular weight excluding hydrogens is 324 g/mol. The molecule has 1 aliphatic rings. The number of ether oxygens (including phenoxy) is 2. The number of methoxy groups -OCH3 is 1. The number of benzene rings is 1. The lowest BCUT2D eigenvalue weighted by atomic mass is 9.98. The van der Waals surface area contributed by atoms with Crippen LogP contribution in [0, 0.1) is 10.1 Å². The van der Waals surface area contributed by atoms with E-state index in [4.69, 9.17) is 9.47 Å². The van der Waals surface area contributed by atoms with Crippen molar-refractivity contribution in [1.29, 1.82) is 0 Å². The molecule has 0 saturated heterocycles. The van der Waals surface area contributed by atoms with Crippen LogP contribution in [0.15, 0.2) is 30.6 Å². The molecule has 0 bridgehead atoms. The van der Waals surface area contributed by atoms with Gasteiger partial charge in [0.05, 0.1) is 12.0 Å². The highest BCUT2D eigenvalue weighted by atomic mass is 16.6. The van der Waals surface area contributed by atoms with Gasteiger partial charge in [-0.1, -0.05) is 12.5 Å². The summed E-state index contributed by atoms with van der Waals surface area (Å²) in [6.45, 7) is 0. The van der Waals surface area contributed by atoms with Crippen molar-refractivity contribution in [2.75, 3.05) is 12.4 Å². The van der Waals surface area contributed by atoms with Crippen LogP contribution in [0.2, 0.25) is 0 Å². The molecule has 0 spiro atoms. The van der Waals surface area contributed by atoms with E-state index < -0.39 is 4.92 Å². The van der Waals surface area contributed by atoms with E-state index in [2.05, 4.69) is 15.3 Å². The Bertz CT molecular complexity index is 747. The number of anilines is 2. The highest BCUT2D eigenvalue weighted by molar-refractivity contribution is 5.69. The van der Waals surface area contributed by atoms with Gasteiger partial charge < -0.3 is 14.8 Å². The number of aromatic nitrogens is 2. The van der Waals surface area contributed by atoms with Gasteiger partial charge in [0.2, 0.25) is 5.82 Å². The molecule has 0 unspecified atom stereocenters. The Kier molecular flexibility index (Phi) is 5.27. The number of nitrogens with one attached hydrogen (secondary N) is 1. The van der Waals surface area contributed by atoms with Crippen LogP contribution in [0.5, 0.6) is 11.6 Å². The van der Waals surface area contributed by atoms with Gasteiger partial charge in [-0.15, -0.1) is 0 Å². The zero-order valence-electron chi connectivity index (χ0n) is 14.0. The first-order chi connectivity index (χ1) is 12.2. The second kappa shape index (κ2) is 7.78. The Morgan fingerprint density at radius 2 is 2.04 bits per heavy atom. The third-order valence-electron chi connectivity index (χ3n) is 4.13. The molecule has 1 aliphatic carbocycles. The first kappa shape index (κ1) is 16.9. The van der Waals surface area contributed by atoms with Gasteiger partial charge >= 0.3 is 5.69 Å². The minimum atomic E-state index is -0.513. The average molecular weight is 344 g/mol. The molecule has 0 atom stereocenters.